The summed E-state index contributed by atoms with van der Waals surface area (Å²) < 4.78 is 6.01. The van der Waals surface area contributed by atoms with Crippen LogP contribution in [0.2, 0.25) is 0 Å². The number of rotatable bonds is 21. The van der Waals surface area contributed by atoms with Crippen molar-refractivity contribution in [3.05, 3.63) is 102 Å². The summed E-state index contributed by atoms with van der Waals surface area (Å²) in [5.41, 5.74) is 13.9. The maximum absolute atomic E-state index is 11.6. The van der Waals surface area contributed by atoms with Gasteiger partial charge in [-0.2, -0.15) is 0 Å². The summed E-state index contributed by atoms with van der Waals surface area (Å²) in [5, 5.41) is 52.5. The van der Waals surface area contributed by atoms with Crippen molar-refractivity contribution in [2.24, 2.45) is 16.5 Å². The lowest BCUT2D eigenvalue weighted by Crippen LogP contribution is -2.50. The lowest BCUT2D eigenvalue weighted by atomic mass is 10.0. The molecule has 0 saturated carbocycles. The standard InChI is InChI=1S/C37H48N6O7/c38-36(32-33(37(39)49)41-19-18-40-32)42-17-4-3-7-25-13-15-28(16-14-25)50-22-21-43(23-30(45)34(47)35(48)31(46)24-44)20-6-11-27-10-5-9-26-8-1-2-12-29(26)27/h1-2,5,8-10,12-16,18-19,30-31,34-35,44-48H,3-4,6-7,11,17,20-24H2,(H2,38,42)(H2,39,49)/t30-,31+,34+,35+/m0/s1. The van der Waals surface area contributed by atoms with Crippen molar-refractivity contribution in [2.75, 3.05) is 39.4 Å². The van der Waals surface area contributed by atoms with Gasteiger partial charge in [0.25, 0.3) is 5.91 Å². The molecule has 0 radical (unpaired) electrons. The number of unbranched alkanes of at least 4 members (excludes halogenated alkanes) is 1. The molecule has 0 fully saturated rings. The first kappa shape index (κ1) is 38.3. The Bertz CT molecular complexity index is 1670. The van der Waals surface area contributed by atoms with Crippen LogP contribution in [-0.2, 0) is 12.8 Å². The Morgan fingerprint density at radius 1 is 0.800 bits per heavy atom. The van der Waals surface area contributed by atoms with E-state index in [0.29, 0.717) is 32.0 Å². The number of amidine groups is 1. The maximum Gasteiger partial charge on any atom is 0.269 e. The van der Waals surface area contributed by atoms with Crippen LogP contribution in [0.4, 0.5) is 0 Å². The molecule has 1 amide bonds. The third-order valence-electron chi connectivity index (χ3n) is 8.50. The van der Waals surface area contributed by atoms with E-state index in [1.807, 2.05) is 47.4 Å². The van der Waals surface area contributed by atoms with Crippen molar-refractivity contribution in [3.8, 4) is 5.75 Å². The number of carbonyl (C=O) groups is 1. The van der Waals surface area contributed by atoms with Gasteiger partial charge in [-0.3, -0.25) is 14.7 Å². The minimum absolute atomic E-state index is 0.00753. The Hall–Kier alpha value is -4.50. The number of benzene rings is 3. The highest BCUT2D eigenvalue weighted by Gasteiger charge is 2.31. The largest absolute Gasteiger partial charge is 0.492 e. The highest BCUT2D eigenvalue weighted by atomic mass is 16.5. The molecular weight excluding hydrogens is 640 g/mol. The van der Waals surface area contributed by atoms with Crippen molar-refractivity contribution < 1.29 is 35.1 Å². The molecular formula is C37H48N6O7. The Kier molecular flexibility index (Phi) is 15.0. The molecule has 9 N–H and O–H groups in total. The van der Waals surface area contributed by atoms with Crippen LogP contribution < -0.4 is 16.2 Å². The van der Waals surface area contributed by atoms with Crippen LogP contribution in [0.5, 0.6) is 5.75 Å². The maximum atomic E-state index is 11.6. The Morgan fingerprint density at radius 3 is 2.24 bits per heavy atom. The molecule has 0 saturated heterocycles. The zero-order chi connectivity index (χ0) is 35.9. The van der Waals surface area contributed by atoms with Crippen molar-refractivity contribution in [1.29, 1.82) is 0 Å². The number of aryl methyl sites for hydroxylation is 2. The van der Waals surface area contributed by atoms with Gasteiger partial charge in [0.2, 0.25) is 0 Å². The number of nitrogens with two attached hydrogens (primary N) is 2. The van der Waals surface area contributed by atoms with E-state index in [-0.39, 0.29) is 23.8 Å². The first-order chi connectivity index (χ1) is 24.2. The molecule has 0 spiro atoms. The molecule has 268 valence electrons. The van der Waals surface area contributed by atoms with Crippen LogP contribution >= 0.6 is 0 Å². The normalized spacial score (nSPS) is 14.4. The molecule has 13 nitrogen and oxygen atoms in total. The minimum Gasteiger partial charge on any atom is -0.492 e. The molecule has 0 aliphatic heterocycles. The predicted octanol–water partition coefficient (Wildman–Crippen LogP) is 1.21. The number of fused-ring (bicyclic) bond motifs is 1. The number of hydrogen-bond acceptors (Lipinski definition) is 11. The van der Waals surface area contributed by atoms with Gasteiger partial charge < -0.3 is 41.7 Å². The zero-order valence-electron chi connectivity index (χ0n) is 28.1. The Morgan fingerprint density at radius 2 is 1.50 bits per heavy atom. The highest BCUT2D eigenvalue weighted by molar-refractivity contribution is 6.05. The summed E-state index contributed by atoms with van der Waals surface area (Å²) in [7, 11) is 0. The molecule has 0 bridgehead atoms. The fourth-order valence-electron chi connectivity index (χ4n) is 5.70. The number of aliphatic imine (C=N–C) groups is 1. The Labute approximate surface area is 291 Å². The number of ether oxygens (including phenoxy) is 1. The topological polar surface area (TPSA) is 221 Å². The second kappa shape index (κ2) is 19.6. The van der Waals surface area contributed by atoms with Gasteiger partial charge >= 0.3 is 0 Å². The third-order valence-corrected chi connectivity index (χ3v) is 8.50. The van der Waals surface area contributed by atoms with Crippen LogP contribution in [0.3, 0.4) is 0 Å². The average molecular weight is 689 g/mol. The van der Waals surface area contributed by atoms with Gasteiger partial charge in [-0.1, -0.05) is 54.6 Å². The smallest absolute Gasteiger partial charge is 0.269 e. The van der Waals surface area contributed by atoms with Crippen LogP contribution in [0, 0.1) is 0 Å². The predicted molar refractivity (Wildman–Crippen MR) is 191 cm³/mol. The molecule has 0 aliphatic rings. The van der Waals surface area contributed by atoms with E-state index in [1.54, 1.807) is 0 Å². The molecule has 4 atom stereocenters. The molecule has 4 rings (SSSR count). The lowest BCUT2D eigenvalue weighted by molar-refractivity contribution is -0.119. The molecule has 0 unspecified atom stereocenters. The molecule has 4 aromatic rings. The van der Waals surface area contributed by atoms with Crippen LogP contribution in [0.25, 0.3) is 10.8 Å². The van der Waals surface area contributed by atoms with Crippen molar-refractivity contribution in [1.82, 2.24) is 14.9 Å². The van der Waals surface area contributed by atoms with Crippen molar-refractivity contribution in [2.45, 2.75) is 56.5 Å². The van der Waals surface area contributed by atoms with E-state index in [2.05, 4.69) is 39.2 Å². The van der Waals surface area contributed by atoms with Gasteiger partial charge in [-0.25, -0.2) is 9.97 Å². The van der Waals surface area contributed by atoms with Gasteiger partial charge in [-0.05, 0) is 72.7 Å². The first-order valence-electron chi connectivity index (χ1n) is 16.8. The number of aliphatic hydroxyl groups excluding tert-OH is 5. The van der Waals surface area contributed by atoms with E-state index in [4.69, 9.17) is 21.3 Å². The van der Waals surface area contributed by atoms with Gasteiger partial charge in [0.15, 0.2) is 5.69 Å². The first-order valence-corrected chi connectivity index (χ1v) is 16.8. The van der Waals surface area contributed by atoms with Gasteiger partial charge in [0.05, 0.1) is 12.7 Å². The van der Waals surface area contributed by atoms with Crippen LogP contribution in [0.15, 0.2) is 84.1 Å². The number of primary amides is 1. The number of aliphatic hydroxyl groups is 5. The summed E-state index contributed by atoms with van der Waals surface area (Å²) in [6.07, 6.45) is 0.618. The molecule has 50 heavy (non-hydrogen) atoms. The average Bonchev–Trinajstić information content (AvgIpc) is 3.14. The molecule has 0 aliphatic carbocycles. The van der Waals surface area contributed by atoms with Crippen LogP contribution in [-0.4, -0.2) is 116 Å². The SMILES string of the molecule is NC(=O)c1nccnc1C(N)=NCCCCc1ccc(OCCN(CCCc2cccc3ccccc23)C[C@H](O)[C@@H](O)[C@H](O)[C@H](O)CO)cc1. The van der Waals surface area contributed by atoms with E-state index in [0.717, 1.165) is 37.7 Å². The summed E-state index contributed by atoms with van der Waals surface area (Å²) in [5.74, 6) is 0.105. The van der Waals surface area contributed by atoms with Gasteiger partial charge in [-0.15, -0.1) is 0 Å². The van der Waals surface area contributed by atoms with E-state index in [1.165, 1.54) is 28.7 Å². The summed E-state index contributed by atoms with van der Waals surface area (Å²) in [4.78, 5) is 25.8. The van der Waals surface area contributed by atoms with E-state index < -0.39 is 36.9 Å². The number of hydrogen-bond donors (Lipinski definition) is 7. The molecule has 3 aromatic carbocycles. The Balaban J connectivity index is 1.26. The molecule has 13 heteroatoms. The number of nitrogens with zero attached hydrogens (tertiary/aromatic N) is 4. The summed E-state index contributed by atoms with van der Waals surface area (Å²) in [6, 6.07) is 22.3. The van der Waals surface area contributed by atoms with E-state index in [9.17, 15) is 25.2 Å². The number of aromatic nitrogens is 2. The van der Waals surface area contributed by atoms with Crippen molar-refractivity contribution >= 4 is 22.5 Å². The fourth-order valence-corrected chi connectivity index (χ4v) is 5.70. The van der Waals surface area contributed by atoms with Gasteiger partial charge in [0.1, 0.15) is 42.2 Å². The molecule has 1 heterocycles. The van der Waals surface area contributed by atoms with E-state index >= 15 is 0 Å². The quantitative estimate of drug-likeness (QED) is 0.0375. The van der Waals surface area contributed by atoms with Crippen molar-refractivity contribution in [3.63, 3.8) is 0 Å². The minimum atomic E-state index is -1.69. The van der Waals surface area contributed by atoms with Crippen LogP contribution in [0.1, 0.15) is 46.6 Å². The second-order valence-corrected chi connectivity index (χ2v) is 12.2. The van der Waals surface area contributed by atoms with Gasteiger partial charge in [0, 0.05) is 32.0 Å². The lowest BCUT2D eigenvalue weighted by Gasteiger charge is -2.30. The summed E-state index contributed by atoms with van der Waals surface area (Å²) >= 11 is 0. The number of carbonyl (C=O) groups excluding carboxylic acids is 1. The summed E-state index contributed by atoms with van der Waals surface area (Å²) in [6.45, 7) is 1.12. The molecule has 1 aromatic heterocycles. The third kappa shape index (κ3) is 11.3. The zero-order valence-corrected chi connectivity index (χ0v) is 28.1. The monoisotopic (exact) mass is 688 g/mol. The highest BCUT2D eigenvalue weighted by Crippen LogP contribution is 2.20. The number of amides is 1. The second-order valence-electron chi connectivity index (χ2n) is 12.2. The fraction of sp³-hybridized carbons (Fsp3) is 0.405.